The molecule has 1 heterocycles. The highest BCUT2D eigenvalue weighted by Gasteiger charge is 2.20. The summed E-state index contributed by atoms with van der Waals surface area (Å²) in [7, 11) is 0. The summed E-state index contributed by atoms with van der Waals surface area (Å²) in [6, 6.07) is 37.2. The molecule has 1 aromatic heterocycles. The number of nitrogens with two attached hydrogens (primary N) is 1. The zero-order chi connectivity index (χ0) is 34.2. The number of allylic oxidation sites excluding steroid dienone is 6. The molecule has 49 heavy (non-hydrogen) atoms. The van der Waals surface area contributed by atoms with Gasteiger partial charge in [-0.25, -0.2) is 0 Å². The molecular weight excluding hydrogens is 595 g/mol. The largest absolute Gasteiger partial charge is 0.405 e. The summed E-state index contributed by atoms with van der Waals surface area (Å²) >= 11 is 0. The fourth-order valence-corrected chi connectivity index (χ4v) is 6.52. The van der Waals surface area contributed by atoms with Crippen LogP contribution in [0.3, 0.4) is 0 Å². The number of hydrogen-bond donors (Lipinski definition) is 1. The Hall–Kier alpha value is -6.19. The second-order valence-corrected chi connectivity index (χ2v) is 11.7. The molecule has 6 rings (SSSR count). The maximum atomic E-state index is 5.46. The first kappa shape index (κ1) is 32.7. The molecule has 0 aliphatic carbocycles. The number of fused-ring (bicyclic) bond motifs is 3. The Kier molecular flexibility index (Phi) is 10.1. The monoisotopic (exact) mass is 635 g/mol. The van der Waals surface area contributed by atoms with Crippen LogP contribution >= 0.6 is 0 Å². The van der Waals surface area contributed by atoms with Crippen LogP contribution in [0.2, 0.25) is 0 Å². The van der Waals surface area contributed by atoms with Gasteiger partial charge in [-0.2, -0.15) is 0 Å². The van der Waals surface area contributed by atoms with Crippen molar-refractivity contribution in [3.05, 3.63) is 181 Å². The summed E-state index contributed by atoms with van der Waals surface area (Å²) in [6.07, 6.45) is 20.2. The first-order chi connectivity index (χ1) is 24.1. The third kappa shape index (κ3) is 6.65. The van der Waals surface area contributed by atoms with Crippen molar-refractivity contribution in [1.29, 1.82) is 0 Å². The fraction of sp³-hybridized carbons (Fsp3) is 0.0652. The summed E-state index contributed by atoms with van der Waals surface area (Å²) in [5, 5.41) is 2.38. The van der Waals surface area contributed by atoms with Crippen molar-refractivity contribution in [3.63, 3.8) is 0 Å². The summed E-state index contributed by atoms with van der Waals surface area (Å²) in [4.78, 5) is 4.55. The zero-order valence-electron chi connectivity index (χ0n) is 28.2. The van der Waals surface area contributed by atoms with Gasteiger partial charge in [-0.3, -0.25) is 4.99 Å². The van der Waals surface area contributed by atoms with E-state index in [9.17, 15) is 0 Å². The van der Waals surface area contributed by atoms with Gasteiger partial charge in [0.1, 0.15) is 0 Å². The average molecular weight is 636 g/mol. The van der Waals surface area contributed by atoms with Gasteiger partial charge in [0.2, 0.25) is 0 Å². The zero-order valence-corrected chi connectivity index (χ0v) is 28.2. The van der Waals surface area contributed by atoms with Crippen LogP contribution < -0.4 is 5.73 Å². The van der Waals surface area contributed by atoms with Crippen LogP contribution in [-0.2, 0) is 6.42 Å². The molecule has 0 bridgehead atoms. The molecular formula is C46H41N3. The first-order valence-electron chi connectivity index (χ1n) is 16.6. The van der Waals surface area contributed by atoms with E-state index in [0.717, 1.165) is 56.7 Å². The Labute approximate surface area is 289 Å². The Morgan fingerprint density at radius 3 is 2.18 bits per heavy atom. The van der Waals surface area contributed by atoms with E-state index >= 15 is 0 Å². The van der Waals surface area contributed by atoms with Crippen molar-refractivity contribution < 1.29 is 0 Å². The highest BCUT2D eigenvalue weighted by Crippen LogP contribution is 2.42. The third-order valence-corrected chi connectivity index (χ3v) is 8.72. The van der Waals surface area contributed by atoms with E-state index in [0.29, 0.717) is 0 Å². The number of rotatable bonds is 11. The Balaban J connectivity index is 1.57. The standard InChI is InChI=1S/C46H41N3/c1-5-15-40-39(7-3)46-41-29-28-37(34-22-20-33(21-23-34)17-11-10-14-30-47)31-44(41)49(38-18-12-9-13-19-38)45(46)32-42(40)35-24-26-36(27-25-35)43(16-6-2)48-8-4/h5-16,18-32H,2-3,17,47H2,1,4H3/b11-10-,15-5-,30-14-,43-16-,48-8?. The first-order valence-corrected chi connectivity index (χ1v) is 16.6. The van der Waals surface area contributed by atoms with E-state index in [2.05, 4.69) is 151 Å². The molecule has 0 atom stereocenters. The minimum absolute atomic E-state index is 0.856. The van der Waals surface area contributed by atoms with Gasteiger partial charge in [0.25, 0.3) is 0 Å². The molecule has 0 unspecified atom stereocenters. The van der Waals surface area contributed by atoms with Gasteiger partial charge in [-0.15, -0.1) is 0 Å². The molecule has 0 fully saturated rings. The van der Waals surface area contributed by atoms with Crippen molar-refractivity contribution in [1.82, 2.24) is 4.57 Å². The number of nitrogens with zero attached hydrogens (tertiary/aromatic N) is 2. The molecule has 2 N–H and O–H groups in total. The number of benzene rings is 5. The minimum atomic E-state index is 0.856. The predicted molar refractivity (Wildman–Crippen MR) is 215 cm³/mol. The van der Waals surface area contributed by atoms with Crippen LogP contribution in [0.5, 0.6) is 0 Å². The van der Waals surface area contributed by atoms with Crippen LogP contribution in [0.4, 0.5) is 0 Å². The summed E-state index contributed by atoms with van der Waals surface area (Å²) in [5.41, 5.74) is 18.9. The SMILES string of the molecule is C=C/C=C(\N=CC)c1ccc(-c2cc3c(c(C=C)c2/C=C\C)c2ccc(-c4ccc(C/C=C\C=C/N)cc4)cc2n3-c2ccccc2)cc1. The average Bonchev–Trinajstić information content (AvgIpc) is 3.47. The van der Waals surface area contributed by atoms with Gasteiger partial charge in [0.05, 0.1) is 16.7 Å². The van der Waals surface area contributed by atoms with E-state index in [-0.39, 0.29) is 0 Å². The molecule has 0 saturated heterocycles. The lowest BCUT2D eigenvalue weighted by Gasteiger charge is -2.15. The highest BCUT2D eigenvalue weighted by molar-refractivity contribution is 6.16. The molecule has 0 saturated carbocycles. The number of para-hydroxylation sites is 1. The van der Waals surface area contributed by atoms with E-state index in [1.165, 1.54) is 27.5 Å². The highest BCUT2D eigenvalue weighted by atomic mass is 15.0. The molecule has 0 amide bonds. The van der Waals surface area contributed by atoms with Crippen LogP contribution in [-0.4, -0.2) is 10.8 Å². The van der Waals surface area contributed by atoms with Gasteiger partial charge >= 0.3 is 0 Å². The van der Waals surface area contributed by atoms with Gasteiger partial charge in [0.15, 0.2) is 0 Å². The Morgan fingerprint density at radius 2 is 1.51 bits per heavy atom. The molecule has 3 heteroatoms. The summed E-state index contributed by atoms with van der Waals surface area (Å²) in [6.45, 7) is 12.2. The lowest BCUT2D eigenvalue weighted by Crippen LogP contribution is -1.96. The van der Waals surface area contributed by atoms with Crippen molar-refractivity contribution in [2.75, 3.05) is 0 Å². The second kappa shape index (κ2) is 15.1. The second-order valence-electron chi connectivity index (χ2n) is 11.7. The molecule has 0 radical (unpaired) electrons. The van der Waals surface area contributed by atoms with Crippen molar-refractivity contribution in [3.8, 4) is 27.9 Å². The molecule has 3 nitrogen and oxygen atoms in total. The van der Waals surface area contributed by atoms with Crippen LogP contribution in [0.1, 0.15) is 36.1 Å². The summed E-state index contributed by atoms with van der Waals surface area (Å²) in [5.74, 6) is 0. The van der Waals surface area contributed by atoms with E-state index < -0.39 is 0 Å². The van der Waals surface area contributed by atoms with Crippen molar-refractivity contribution in [2.24, 2.45) is 10.7 Å². The van der Waals surface area contributed by atoms with E-state index in [4.69, 9.17) is 5.73 Å². The smallest absolute Gasteiger partial charge is 0.0697 e. The van der Waals surface area contributed by atoms with Crippen LogP contribution in [0.25, 0.3) is 67.6 Å². The van der Waals surface area contributed by atoms with E-state index in [1.807, 2.05) is 37.4 Å². The third-order valence-electron chi connectivity index (χ3n) is 8.72. The lowest BCUT2D eigenvalue weighted by molar-refractivity contribution is 1.18. The predicted octanol–water partition coefficient (Wildman–Crippen LogP) is 12.0. The van der Waals surface area contributed by atoms with Gasteiger partial charge < -0.3 is 10.3 Å². The Bertz CT molecular complexity index is 2270. The van der Waals surface area contributed by atoms with Gasteiger partial charge in [-0.1, -0.05) is 128 Å². The molecule has 0 spiro atoms. The molecule has 5 aromatic carbocycles. The number of aromatic nitrogens is 1. The quantitative estimate of drug-likeness (QED) is 0.112. The molecule has 240 valence electrons. The minimum Gasteiger partial charge on any atom is -0.405 e. The van der Waals surface area contributed by atoms with Crippen molar-refractivity contribution in [2.45, 2.75) is 20.3 Å². The van der Waals surface area contributed by atoms with Crippen molar-refractivity contribution >= 4 is 45.9 Å². The molecule has 0 aliphatic heterocycles. The maximum Gasteiger partial charge on any atom is 0.0697 e. The Morgan fingerprint density at radius 1 is 0.776 bits per heavy atom. The topological polar surface area (TPSA) is 43.3 Å². The lowest BCUT2D eigenvalue weighted by atomic mass is 9.90. The molecule has 0 aliphatic rings. The normalized spacial score (nSPS) is 12.4. The fourth-order valence-electron chi connectivity index (χ4n) is 6.52. The van der Waals surface area contributed by atoms with Crippen LogP contribution in [0, 0.1) is 0 Å². The van der Waals surface area contributed by atoms with Gasteiger partial charge in [-0.05, 0) is 102 Å². The van der Waals surface area contributed by atoms with Crippen LogP contribution in [0.15, 0.2) is 164 Å². The van der Waals surface area contributed by atoms with E-state index in [1.54, 1.807) is 12.3 Å². The maximum absolute atomic E-state index is 5.46. The molecule has 6 aromatic rings. The van der Waals surface area contributed by atoms with Gasteiger partial charge in [0, 0.05) is 28.2 Å². The number of hydrogen-bond acceptors (Lipinski definition) is 2. The number of aliphatic imine (C=N–C) groups is 1. The summed E-state index contributed by atoms with van der Waals surface area (Å²) < 4.78 is 2.39.